The topological polar surface area (TPSA) is 67.0 Å². The number of halogens is 1. The zero-order valence-corrected chi connectivity index (χ0v) is 16.6. The van der Waals surface area contributed by atoms with Crippen molar-refractivity contribution in [3.63, 3.8) is 0 Å². The van der Waals surface area contributed by atoms with Crippen LogP contribution in [0, 0.1) is 11.2 Å². The second-order valence-corrected chi connectivity index (χ2v) is 9.01. The molecule has 0 unspecified atom stereocenters. The molecule has 1 aliphatic rings. The normalized spacial score (nSPS) is 17.1. The molecule has 2 aromatic heterocycles. The van der Waals surface area contributed by atoms with Crippen molar-refractivity contribution in [3.05, 3.63) is 40.0 Å². The van der Waals surface area contributed by atoms with Gasteiger partial charge in [0.15, 0.2) is 0 Å². The minimum Gasteiger partial charge on any atom is -0.465 e. The van der Waals surface area contributed by atoms with Crippen LogP contribution in [-0.2, 0) is 11.2 Å². The number of thiophene rings is 1. The van der Waals surface area contributed by atoms with E-state index in [0.717, 1.165) is 23.9 Å². The maximum absolute atomic E-state index is 13.9. The van der Waals surface area contributed by atoms with E-state index in [0.29, 0.717) is 16.9 Å². The number of imidazole rings is 1. The molecule has 0 spiro atoms. The SMILES string of the molecule is COC(=O)c1cc(F)cc2[nH]c(-c3cc4c(s3)[C@H](C(C)(C)C)NCC4)nc12. The lowest BCUT2D eigenvalue weighted by molar-refractivity contribution is 0.0602. The minimum absolute atomic E-state index is 0.104. The number of rotatable bonds is 2. The van der Waals surface area contributed by atoms with Gasteiger partial charge in [0.2, 0.25) is 0 Å². The molecular formula is C20H22FN3O2S. The van der Waals surface area contributed by atoms with Crippen LogP contribution in [0.2, 0.25) is 0 Å². The molecular weight excluding hydrogens is 365 g/mol. The van der Waals surface area contributed by atoms with Gasteiger partial charge >= 0.3 is 5.97 Å². The average molecular weight is 387 g/mol. The molecule has 7 heteroatoms. The zero-order chi connectivity index (χ0) is 19.3. The van der Waals surface area contributed by atoms with Crippen molar-refractivity contribution < 1.29 is 13.9 Å². The molecule has 142 valence electrons. The summed E-state index contributed by atoms with van der Waals surface area (Å²) in [4.78, 5) is 22.1. The van der Waals surface area contributed by atoms with Gasteiger partial charge in [0.1, 0.15) is 17.2 Å². The third kappa shape index (κ3) is 3.15. The molecule has 3 heterocycles. The number of aromatic amines is 1. The number of methoxy groups -OCH3 is 1. The maximum atomic E-state index is 13.9. The predicted octanol–water partition coefficient (Wildman–Crippen LogP) is 4.45. The number of esters is 1. The number of benzene rings is 1. The molecule has 1 aliphatic heterocycles. The van der Waals surface area contributed by atoms with Gasteiger partial charge in [-0.2, -0.15) is 0 Å². The van der Waals surface area contributed by atoms with Gasteiger partial charge in [-0.1, -0.05) is 20.8 Å². The van der Waals surface area contributed by atoms with Gasteiger partial charge in [0.25, 0.3) is 0 Å². The molecule has 3 aromatic rings. The number of hydrogen-bond donors (Lipinski definition) is 2. The molecule has 0 aliphatic carbocycles. The second-order valence-electron chi connectivity index (χ2n) is 7.93. The highest BCUT2D eigenvalue weighted by atomic mass is 32.1. The Balaban J connectivity index is 1.82. The fourth-order valence-corrected chi connectivity index (χ4v) is 5.09. The van der Waals surface area contributed by atoms with E-state index in [1.807, 2.05) is 0 Å². The van der Waals surface area contributed by atoms with E-state index >= 15 is 0 Å². The Kier molecular flexibility index (Phi) is 4.31. The van der Waals surface area contributed by atoms with Gasteiger partial charge < -0.3 is 15.0 Å². The Bertz CT molecular complexity index is 1030. The van der Waals surface area contributed by atoms with E-state index in [1.54, 1.807) is 11.3 Å². The van der Waals surface area contributed by atoms with E-state index in [2.05, 4.69) is 42.1 Å². The van der Waals surface area contributed by atoms with E-state index in [9.17, 15) is 9.18 Å². The Labute approximate surface area is 161 Å². The number of aromatic nitrogens is 2. The summed E-state index contributed by atoms with van der Waals surface area (Å²) in [6, 6.07) is 4.96. The first-order valence-electron chi connectivity index (χ1n) is 8.92. The molecule has 4 rings (SSSR count). The summed E-state index contributed by atoms with van der Waals surface area (Å²) < 4.78 is 18.7. The first kappa shape index (κ1) is 18.1. The van der Waals surface area contributed by atoms with E-state index in [4.69, 9.17) is 4.74 Å². The summed E-state index contributed by atoms with van der Waals surface area (Å²) in [5, 5.41) is 3.61. The fraction of sp³-hybridized carbons (Fsp3) is 0.400. The minimum atomic E-state index is -0.597. The molecule has 0 saturated carbocycles. The molecule has 0 bridgehead atoms. The third-order valence-corrected chi connectivity index (χ3v) is 6.15. The molecule has 0 fully saturated rings. The maximum Gasteiger partial charge on any atom is 0.340 e. The van der Waals surface area contributed by atoms with Gasteiger partial charge in [0, 0.05) is 10.9 Å². The van der Waals surface area contributed by atoms with Crippen LogP contribution in [0.5, 0.6) is 0 Å². The fourth-order valence-electron chi connectivity index (χ4n) is 3.61. The van der Waals surface area contributed by atoms with Crippen LogP contribution in [-0.4, -0.2) is 29.6 Å². The van der Waals surface area contributed by atoms with Crippen molar-refractivity contribution >= 4 is 28.3 Å². The first-order chi connectivity index (χ1) is 12.8. The largest absolute Gasteiger partial charge is 0.465 e. The van der Waals surface area contributed by atoms with Crippen molar-refractivity contribution in [2.24, 2.45) is 5.41 Å². The smallest absolute Gasteiger partial charge is 0.340 e. The molecule has 0 amide bonds. The average Bonchev–Trinajstić information content (AvgIpc) is 3.22. The second kappa shape index (κ2) is 6.42. The Morgan fingerprint density at radius 2 is 2.11 bits per heavy atom. The Morgan fingerprint density at radius 3 is 2.81 bits per heavy atom. The molecule has 0 saturated heterocycles. The molecule has 2 N–H and O–H groups in total. The van der Waals surface area contributed by atoms with Crippen LogP contribution in [0.1, 0.15) is 47.6 Å². The number of carbonyl (C=O) groups is 1. The van der Waals surface area contributed by atoms with Crippen molar-refractivity contribution in [2.75, 3.05) is 13.7 Å². The van der Waals surface area contributed by atoms with Crippen molar-refractivity contribution in [1.82, 2.24) is 15.3 Å². The third-order valence-electron chi connectivity index (χ3n) is 4.90. The van der Waals surface area contributed by atoms with Gasteiger partial charge in [0.05, 0.1) is 23.1 Å². The quantitative estimate of drug-likeness (QED) is 0.638. The molecule has 0 radical (unpaired) electrons. The summed E-state index contributed by atoms with van der Waals surface area (Å²) >= 11 is 1.70. The van der Waals surface area contributed by atoms with Crippen LogP contribution in [0.25, 0.3) is 21.7 Å². The Morgan fingerprint density at radius 1 is 1.33 bits per heavy atom. The van der Waals surface area contributed by atoms with Crippen molar-refractivity contribution in [3.8, 4) is 10.7 Å². The number of ether oxygens (including phenoxy) is 1. The van der Waals surface area contributed by atoms with Crippen LogP contribution in [0.4, 0.5) is 4.39 Å². The van der Waals surface area contributed by atoms with E-state index < -0.39 is 11.8 Å². The van der Waals surface area contributed by atoms with Crippen molar-refractivity contribution in [1.29, 1.82) is 0 Å². The van der Waals surface area contributed by atoms with E-state index in [1.165, 1.54) is 23.6 Å². The van der Waals surface area contributed by atoms with Gasteiger partial charge in [-0.25, -0.2) is 14.2 Å². The summed E-state index contributed by atoms with van der Waals surface area (Å²) in [7, 11) is 1.28. The highest BCUT2D eigenvalue weighted by molar-refractivity contribution is 7.15. The van der Waals surface area contributed by atoms with Crippen LogP contribution in [0.15, 0.2) is 18.2 Å². The lowest BCUT2D eigenvalue weighted by Crippen LogP contribution is -2.36. The summed E-state index contributed by atoms with van der Waals surface area (Å²) in [5.74, 6) is -0.451. The highest BCUT2D eigenvalue weighted by Gasteiger charge is 2.32. The van der Waals surface area contributed by atoms with Gasteiger partial charge in [-0.05, 0) is 42.1 Å². The lowest BCUT2D eigenvalue weighted by Gasteiger charge is -2.34. The molecule has 1 aromatic carbocycles. The predicted molar refractivity (Wildman–Crippen MR) is 105 cm³/mol. The highest BCUT2D eigenvalue weighted by Crippen LogP contribution is 2.43. The standard InChI is InChI=1S/C20H22FN3O2S/c1-20(2,3)17-16-10(5-6-22-17)7-14(27-16)18-23-13-9-11(21)8-12(15(13)24-18)19(25)26-4/h7-9,17,22H,5-6H2,1-4H3,(H,23,24)/t17-/m1/s1. The van der Waals surface area contributed by atoms with E-state index in [-0.39, 0.29) is 17.0 Å². The lowest BCUT2D eigenvalue weighted by atomic mass is 9.82. The van der Waals surface area contributed by atoms with Crippen molar-refractivity contribution in [2.45, 2.75) is 33.2 Å². The van der Waals surface area contributed by atoms with Gasteiger partial charge in [-0.15, -0.1) is 11.3 Å². The summed E-state index contributed by atoms with van der Waals surface area (Å²) in [5.41, 5.74) is 2.48. The number of H-pyrrole nitrogens is 1. The molecule has 5 nitrogen and oxygen atoms in total. The van der Waals surface area contributed by atoms with Crippen LogP contribution in [0.3, 0.4) is 0 Å². The first-order valence-corrected chi connectivity index (χ1v) is 9.73. The zero-order valence-electron chi connectivity index (χ0n) is 15.8. The van der Waals surface area contributed by atoms with Crippen LogP contribution < -0.4 is 5.32 Å². The molecule has 1 atom stereocenters. The number of hydrogen-bond acceptors (Lipinski definition) is 5. The Hall–Kier alpha value is -2.25. The number of fused-ring (bicyclic) bond motifs is 2. The summed E-state index contributed by atoms with van der Waals surface area (Å²) in [6.45, 7) is 7.63. The number of nitrogens with zero attached hydrogens (tertiary/aromatic N) is 1. The number of nitrogens with one attached hydrogen (secondary N) is 2. The monoisotopic (exact) mass is 387 g/mol. The van der Waals surface area contributed by atoms with Crippen LogP contribution >= 0.6 is 11.3 Å². The number of carbonyl (C=O) groups excluding carboxylic acids is 1. The molecule has 27 heavy (non-hydrogen) atoms. The van der Waals surface area contributed by atoms with Gasteiger partial charge in [-0.3, -0.25) is 0 Å². The summed E-state index contributed by atoms with van der Waals surface area (Å²) in [6.07, 6.45) is 0.973.